The molecule has 0 bridgehead atoms. The second-order valence-corrected chi connectivity index (χ2v) is 6.80. The molecule has 0 aliphatic carbocycles. The quantitative estimate of drug-likeness (QED) is 0.832. The van der Waals surface area contributed by atoms with Crippen molar-refractivity contribution in [3.63, 3.8) is 0 Å². The van der Waals surface area contributed by atoms with Crippen molar-refractivity contribution in [1.82, 2.24) is 5.32 Å². The molecule has 2 atom stereocenters. The number of rotatable bonds is 5. The summed E-state index contributed by atoms with van der Waals surface area (Å²) in [5.41, 5.74) is 6.49. The average Bonchev–Trinajstić information content (AvgIpc) is 2.34. The summed E-state index contributed by atoms with van der Waals surface area (Å²) in [7, 11) is -3.18. The monoisotopic (exact) mass is 284 g/mol. The molecule has 0 saturated heterocycles. The van der Waals surface area contributed by atoms with Gasteiger partial charge >= 0.3 is 0 Å². The number of benzene rings is 1. The second kappa shape index (κ2) is 6.16. The number of hydrogen-bond acceptors (Lipinski definition) is 4. The standard InChI is InChI=1S/C13H20N2O3S/c1-9(10(2)14)13(16)15-8-11-4-6-12(7-5-11)19(3,17)18/h4-7,9-10H,8,14H2,1-3H3,(H,15,16). The molecular weight excluding hydrogens is 264 g/mol. The molecule has 0 heterocycles. The van der Waals surface area contributed by atoms with Gasteiger partial charge in [-0.3, -0.25) is 4.79 Å². The minimum atomic E-state index is -3.18. The van der Waals surface area contributed by atoms with E-state index < -0.39 is 9.84 Å². The lowest BCUT2D eigenvalue weighted by Gasteiger charge is -2.15. The molecular formula is C13H20N2O3S. The number of nitrogens with two attached hydrogens (primary N) is 1. The van der Waals surface area contributed by atoms with Gasteiger partial charge in [-0.05, 0) is 24.6 Å². The fraction of sp³-hybridized carbons (Fsp3) is 0.462. The Kier molecular flexibility index (Phi) is 5.08. The van der Waals surface area contributed by atoms with Crippen LogP contribution in [0.2, 0.25) is 0 Å². The zero-order chi connectivity index (χ0) is 14.6. The van der Waals surface area contributed by atoms with Crippen LogP contribution in [0.3, 0.4) is 0 Å². The molecule has 3 N–H and O–H groups in total. The lowest BCUT2D eigenvalue weighted by Crippen LogP contribution is -2.38. The maximum atomic E-state index is 11.7. The van der Waals surface area contributed by atoms with Crippen molar-refractivity contribution < 1.29 is 13.2 Å². The second-order valence-electron chi connectivity index (χ2n) is 4.78. The Morgan fingerprint density at radius 2 is 1.79 bits per heavy atom. The molecule has 106 valence electrons. The molecule has 1 aromatic carbocycles. The van der Waals surface area contributed by atoms with Crippen LogP contribution < -0.4 is 11.1 Å². The zero-order valence-electron chi connectivity index (χ0n) is 11.4. The van der Waals surface area contributed by atoms with Crippen molar-refractivity contribution in [2.24, 2.45) is 11.7 Å². The maximum absolute atomic E-state index is 11.7. The summed E-state index contributed by atoms with van der Waals surface area (Å²) < 4.78 is 22.6. The highest BCUT2D eigenvalue weighted by molar-refractivity contribution is 7.90. The van der Waals surface area contributed by atoms with Gasteiger partial charge in [0.05, 0.1) is 4.90 Å². The van der Waals surface area contributed by atoms with Gasteiger partial charge in [0, 0.05) is 24.8 Å². The summed E-state index contributed by atoms with van der Waals surface area (Å²) in [6, 6.07) is 6.24. The lowest BCUT2D eigenvalue weighted by atomic mass is 10.0. The zero-order valence-corrected chi connectivity index (χ0v) is 12.2. The van der Waals surface area contributed by atoms with E-state index in [-0.39, 0.29) is 22.8 Å². The van der Waals surface area contributed by atoms with Crippen LogP contribution in [-0.2, 0) is 21.2 Å². The van der Waals surface area contributed by atoms with Crippen LogP contribution >= 0.6 is 0 Å². The summed E-state index contributed by atoms with van der Waals surface area (Å²) in [5, 5.41) is 2.77. The number of hydrogen-bond donors (Lipinski definition) is 2. The van der Waals surface area contributed by atoms with E-state index in [2.05, 4.69) is 5.32 Å². The first-order valence-electron chi connectivity index (χ1n) is 6.04. The van der Waals surface area contributed by atoms with E-state index in [0.717, 1.165) is 11.8 Å². The van der Waals surface area contributed by atoms with Gasteiger partial charge in [0.25, 0.3) is 0 Å². The highest BCUT2D eigenvalue weighted by Crippen LogP contribution is 2.10. The summed E-state index contributed by atoms with van der Waals surface area (Å²) in [4.78, 5) is 12.0. The van der Waals surface area contributed by atoms with Crippen LogP contribution in [-0.4, -0.2) is 26.6 Å². The Bertz CT molecular complexity index is 536. The highest BCUT2D eigenvalue weighted by Gasteiger charge is 2.16. The Morgan fingerprint density at radius 1 is 1.26 bits per heavy atom. The van der Waals surface area contributed by atoms with E-state index in [1.807, 2.05) is 0 Å². The van der Waals surface area contributed by atoms with Gasteiger partial charge in [0.2, 0.25) is 5.91 Å². The third-order valence-corrected chi connectivity index (χ3v) is 4.15. The Morgan fingerprint density at radius 3 is 2.21 bits per heavy atom. The smallest absolute Gasteiger partial charge is 0.224 e. The predicted octanol–water partition coefficient (Wildman–Crippen LogP) is 0.690. The van der Waals surface area contributed by atoms with Crippen molar-refractivity contribution in [1.29, 1.82) is 0 Å². The van der Waals surface area contributed by atoms with E-state index in [4.69, 9.17) is 5.73 Å². The fourth-order valence-electron chi connectivity index (χ4n) is 1.44. The molecule has 1 aromatic rings. The van der Waals surface area contributed by atoms with Crippen molar-refractivity contribution in [3.05, 3.63) is 29.8 Å². The van der Waals surface area contributed by atoms with Crippen molar-refractivity contribution >= 4 is 15.7 Å². The average molecular weight is 284 g/mol. The first kappa shape index (κ1) is 15.7. The summed E-state index contributed by atoms with van der Waals surface area (Å²) >= 11 is 0. The molecule has 0 aliphatic rings. The fourth-order valence-corrected chi connectivity index (χ4v) is 2.07. The molecule has 19 heavy (non-hydrogen) atoms. The Labute approximate surface area is 114 Å². The molecule has 6 heteroatoms. The first-order valence-corrected chi connectivity index (χ1v) is 7.93. The molecule has 0 aliphatic heterocycles. The van der Waals surface area contributed by atoms with Gasteiger partial charge in [-0.15, -0.1) is 0 Å². The number of amides is 1. The van der Waals surface area contributed by atoms with E-state index >= 15 is 0 Å². The molecule has 0 radical (unpaired) electrons. The van der Waals surface area contributed by atoms with Gasteiger partial charge in [-0.2, -0.15) is 0 Å². The molecule has 2 unspecified atom stereocenters. The van der Waals surface area contributed by atoms with Crippen LogP contribution in [0.25, 0.3) is 0 Å². The topological polar surface area (TPSA) is 89.3 Å². The van der Waals surface area contributed by atoms with Crippen LogP contribution in [0.5, 0.6) is 0 Å². The maximum Gasteiger partial charge on any atom is 0.224 e. The van der Waals surface area contributed by atoms with Crippen LogP contribution in [0.15, 0.2) is 29.2 Å². The molecule has 1 rings (SSSR count). The number of sulfone groups is 1. The van der Waals surface area contributed by atoms with Gasteiger partial charge < -0.3 is 11.1 Å². The van der Waals surface area contributed by atoms with Crippen molar-refractivity contribution in [2.45, 2.75) is 31.3 Å². The molecule has 0 fully saturated rings. The number of carbonyl (C=O) groups is 1. The SMILES string of the molecule is CC(N)C(C)C(=O)NCc1ccc(S(C)(=O)=O)cc1. The molecule has 1 amide bonds. The van der Waals surface area contributed by atoms with Crippen molar-refractivity contribution in [2.75, 3.05) is 6.26 Å². The summed E-state index contributed by atoms with van der Waals surface area (Å²) in [6.07, 6.45) is 1.16. The van der Waals surface area contributed by atoms with Gasteiger partial charge in [0.1, 0.15) is 0 Å². The van der Waals surface area contributed by atoms with E-state index in [0.29, 0.717) is 6.54 Å². The third-order valence-electron chi connectivity index (χ3n) is 3.02. The highest BCUT2D eigenvalue weighted by atomic mass is 32.2. The largest absolute Gasteiger partial charge is 0.352 e. The minimum Gasteiger partial charge on any atom is -0.352 e. The van der Waals surface area contributed by atoms with Crippen LogP contribution in [0, 0.1) is 5.92 Å². The molecule has 0 spiro atoms. The minimum absolute atomic E-state index is 0.109. The molecule has 0 aromatic heterocycles. The third kappa shape index (κ3) is 4.65. The number of nitrogens with one attached hydrogen (secondary N) is 1. The predicted molar refractivity (Wildman–Crippen MR) is 74.2 cm³/mol. The van der Waals surface area contributed by atoms with E-state index in [9.17, 15) is 13.2 Å². The Hall–Kier alpha value is -1.40. The first-order chi connectivity index (χ1) is 8.71. The Balaban J connectivity index is 2.63. The molecule has 5 nitrogen and oxygen atoms in total. The van der Waals surface area contributed by atoms with Gasteiger partial charge in [0.15, 0.2) is 9.84 Å². The van der Waals surface area contributed by atoms with Crippen LogP contribution in [0.1, 0.15) is 19.4 Å². The normalized spacial score (nSPS) is 14.7. The lowest BCUT2D eigenvalue weighted by molar-refractivity contribution is -0.125. The van der Waals surface area contributed by atoms with E-state index in [1.54, 1.807) is 26.0 Å². The summed E-state index contributed by atoms with van der Waals surface area (Å²) in [5.74, 6) is -0.363. The van der Waals surface area contributed by atoms with Gasteiger partial charge in [-0.25, -0.2) is 8.42 Å². The van der Waals surface area contributed by atoms with Crippen molar-refractivity contribution in [3.8, 4) is 0 Å². The van der Waals surface area contributed by atoms with E-state index in [1.165, 1.54) is 12.1 Å². The number of carbonyl (C=O) groups excluding carboxylic acids is 1. The van der Waals surface area contributed by atoms with Crippen LogP contribution in [0.4, 0.5) is 0 Å². The summed E-state index contributed by atoms with van der Waals surface area (Å²) in [6.45, 7) is 3.91. The van der Waals surface area contributed by atoms with Gasteiger partial charge in [-0.1, -0.05) is 19.1 Å². The molecule has 0 saturated carbocycles.